The van der Waals surface area contributed by atoms with Crippen molar-refractivity contribution in [2.45, 2.75) is 33.6 Å². The summed E-state index contributed by atoms with van der Waals surface area (Å²) >= 11 is 0. The molecule has 1 atom stereocenters. The zero-order chi connectivity index (χ0) is 15.4. The van der Waals surface area contributed by atoms with Gasteiger partial charge in [0.2, 0.25) is 0 Å². The van der Waals surface area contributed by atoms with E-state index in [9.17, 15) is 9.59 Å². The van der Waals surface area contributed by atoms with E-state index in [1.54, 1.807) is 6.92 Å². The molecular weight excluding hydrogens is 268 g/mol. The molecule has 1 heterocycles. The molecule has 0 spiro atoms. The van der Waals surface area contributed by atoms with E-state index >= 15 is 0 Å². The lowest BCUT2D eigenvalue weighted by Crippen LogP contribution is -2.27. The second-order valence-corrected chi connectivity index (χ2v) is 5.13. The van der Waals surface area contributed by atoms with Gasteiger partial charge in [0.15, 0.2) is 0 Å². The van der Waals surface area contributed by atoms with Crippen molar-refractivity contribution in [1.29, 1.82) is 0 Å². The van der Waals surface area contributed by atoms with Crippen LogP contribution in [0.1, 0.15) is 32.3 Å². The van der Waals surface area contributed by atoms with E-state index in [1.807, 2.05) is 38.1 Å². The predicted molar refractivity (Wildman–Crippen MR) is 81.1 cm³/mol. The molecule has 1 aromatic carbocycles. The molecule has 112 valence electrons. The minimum absolute atomic E-state index is 0.0811. The first-order valence-electron chi connectivity index (χ1n) is 7.14. The van der Waals surface area contributed by atoms with Crippen LogP contribution in [0.25, 0.3) is 0 Å². The number of ether oxygens (including phenoxy) is 1. The largest absolute Gasteiger partial charge is 0.466 e. The van der Waals surface area contributed by atoms with Gasteiger partial charge in [-0.1, -0.05) is 12.1 Å². The summed E-state index contributed by atoms with van der Waals surface area (Å²) < 4.78 is 4.90. The molecule has 0 N–H and O–H groups in total. The first kappa shape index (κ1) is 15.2. The van der Waals surface area contributed by atoms with Gasteiger partial charge in [-0.05, 0) is 44.9 Å². The van der Waals surface area contributed by atoms with Crippen LogP contribution < -0.4 is 5.01 Å². The summed E-state index contributed by atoms with van der Waals surface area (Å²) in [6, 6.07) is 7.64. The first-order chi connectivity index (χ1) is 10.0. The normalized spacial score (nSPS) is 17.9. The Morgan fingerprint density at radius 3 is 2.81 bits per heavy atom. The van der Waals surface area contributed by atoms with Crippen molar-refractivity contribution in [3.8, 4) is 0 Å². The summed E-state index contributed by atoms with van der Waals surface area (Å²) in [5, 5.41) is 5.76. The van der Waals surface area contributed by atoms with Crippen molar-refractivity contribution in [3.05, 3.63) is 29.8 Å². The lowest BCUT2D eigenvalue weighted by Gasteiger charge is -2.14. The number of amides is 1. The van der Waals surface area contributed by atoms with Gasteiger partial charge >= 0.3 is 5.97 Å². The van der Waals surface area contributed by atoms with Gasteiger partial charge in [0, 0.05) is 12.1 Å². The highest BCUT2D eigenvalue weighted by atomic mass is 16.5. The van der Waals surface area contributed by atoms with Crippen molar-refractivity contribution in [2.75, 3.05) is 11.6 Å². The number of aryl methyl sites for hydroxylation is 1. The molecule has 0 radical (unpaired) electrons. The highest BCUT2D eigenvalue weighted by Crippen LogP contribution is 2.27. The molecular formula is C16H20N2O3. The van der Waals surface area contributed by atoms with Crippen LogP contribution in [0, 0.1) is 12.8 Å². The molecule has 2 rings (SSSR count). The summed E-state index contributed by atoms with van der Waals surface area (Å²) in [4.78, 5) is 23.9. The van der Waals surface area contributed by atoms with Crippen LogP contribution in [0.4, 0.5) is 5.69 Å². The molecule has 1 unspecified atom stereocenters. The Labute approximate surface area is 124 Å². The van der Waals surface area contributed by atoms with Crippen LogP contribution in [0.15, 0.2) is 29.4 Å². The fraction of sp³-hybridized carbons (Fsp3) is 0.438. The van der Waals surface area contributed by atoms with Crippen LogP contribution in [-0.4, -0.2) is 24.2 Å². The number of benzene rings is 1. The molecule has 0 aromatic heterocycles. The maximum atomic E-state index is 12.5. The lowest BCUT2D eigenvalue weighted by atomic mass is 9.98. The van der Waals surface area contributed by atoms with E-state index in [1.165, 1.54) is 5.01 Å². The predicted octanol–water partition coefficient (Wildman–Crippen LogP) is 2.68. The Balaban J connectivity index is 2.06. The van der Waals surface area contributed by atoms with E-state index in [0.29, 0.717) is 13.0 Å². The molecule has 0 saturated carbocycles. The van der Waals surface area contributed by atoms with Gasteiger partial charge in [0.1, 0.15) is 0 Å². The third-order valence-corrected chi connectivity index (χ3v) is 3.46. The van der Waals surface area contributed by atoms with Gasteiger partial charge in [0.05, 0.1) is 18.2 Å². The summed E-state index contributed by atoms with van der Waals surface area (Å²) in [5.74, 6) is -0.690. The second kappa shape index (κ2) is 6.52. The topological polar surface area (TPSA) is 59.0 Å². The number of carbonyl (C=O) groups is 2. The number of rotatable bonds is 5. The Bertz CT molecular complexity index is 581. The Morgan fingerprint density at radius 1 is 1.38 bits per heavy atom. The Hall–Kier alpha value is -2.17. The zero-order valence-corrected chi connectivity index (χ0v) is 12.6. The molecule has 21 heavy (non-hydrogen) atoms. The van der Waals surface area contributed by atoms with Crippen LogP contribution >= 0.6 is 0 Å². The molecule has 5 heteroatoms. The van der Waals surface area contributed by atoms with Crippen molar-refractivity contribution in [1.82, 2.24) is 0 Å². The third kappa shape index (κ3) is 3.48. The van der Waals surface area contributed by atoms with Crippen molar-refractivity contribution >= 4 is 23.3 Å². The fourth-order valence-corrected chi connectivity index (χ4v) is 2.38. The summed E-state index contributed by atoms with van der Waals surface area (Å²) in [7, 11) is 0. The molecule has 5 nitrogen and oxygen atoms in total. The summed E-state index contributed by atoms with van der Waals surface area (Å²) in [6.07, 6.45) is 0.675. The van der Waals surface area contributed by atoms with Crippen molar-refractivity contribution in [2.24, 2.45) is 11.0 Å². The van der Waals surface area contributed by atoms with E-state index in [4.69, 9.17) is 4.74 Å². The first-order valence-corrected chi connectivity index (χ1v) is 7.14. The van der Waals surface area contributed by atoms with Gasteiger partial charge < -0.3 is 4.74 Å². The molecule has 0 fully saturated rings. The monoisotopic (exact) mass is 288 g/mol. The zero-order valence-electron chi connectivity index (χ0n) is 12.6. The molecule has 0 aliphatic carbocycles. The van der Waals surface area contributed by atoms with Crippen molar-refractivity contribution in [3.63, 3.8) is 0 Å². The average Bonchev–Trinajstić information content (AvgIpc) is 2.72. The van der Waals surface area contributed by atoms with Crippen LogP contribution in [0.2, 0.25) is 0 Å². The molecule has 0 saturated heterocycles. The van der Waals surface area contributed by atoms with E-state index in [2.05, 4.69) is 5.10 Å². The molecule has 1 aromatic rings. The number of hydrogen-bond acceptors (Lipinski definition) is 4. The van der Waals surface area contributed by atoms with Gasteiger partial charge in [-0.2, -0.15) is 5.10 Å². The lowest BCUT2D eigenvalue weighted by molar-refractivity contribution is -0.143. The number of hydrazone groups is 1. The van der Waals surface area contributed by atoms with E-state index < -0.39 is 0 Å². The highest BCUT2D eigenvalue weighted by molar-refractivity contribution is 6.14. The maximum Gasteiger partial charge on any atom is 0.305 e. The van der Waals surface area contributed by atoms with Crippen LogP contribution in [-0.2, 0) is 14.3 Å². The number of anilines is 1. The smallest absolute Gasteiger partial charge is 0.305 e. The van der Waals surface area contributed by atoms with Gasteiger partial charge in [0.25, 0.3) is 5.91 Å². The van der Waals surface area contributed by atoms with Gasteiger partial charge in [-0.25, -0.2) is 5.01 Å². The van der Waals surface area contributed by atoms with E-state index in [-0.39, 0.29) is 24.2 Å². The third-order valence-electron chi connectivity index (χ3n) is 3.46. The molecule has 1 aliphatic heterocycles. The quantitative estimate of drug-likeness (QED) is 0.783. The second-order valence-electron chi connectivity index (χ2n) is 5.13. The van der Waals surface area contributed by atoms with Crippen LogP contribution in [0.5, 0.6) is 0 Å². The van der Waals surface area contributed by atoms with E-state index in [0.717, 1.165) is 17.0 Å². The maximum absolute atomic E-state index is 12.5. The number of nitrogens with zero attached hydrogens (tertiary/aromatic N) is 2. The Kier molecular flexibility index (Phi) is 4.73. The summed E-state index contributed by atoms with van der Waals surface area (Å²) in [5.41, 5.74) is 2.58. The number of esters is 1. The Morgan fingerprint density at radius 2 is 2.14 bits per heavy atom. The van der Waals surface area contributed by atoms with Crippen LogP contribution in [0.3, 0.4) is 0 Å². The van der Waals surface area contributed by atoms with Gasteiger partial charge in [-0.15, -0.1) is 0 Å². The number of hydrogen-bond donors (Lipinski definition) is 0. The fourth-order valence-electron chi connectivity index (χ4n) is 2.38. The molecule has 0 bridgehead atoms. The number of carbonyl (C=O) groups excluding carboxylic acids is 2. The van der Waals surface area contributed by atoms with Crippen molar-refractivity contribution < 1.29 is 14.3 Å². The average molecular weight is 288 g/mol. The minimum atomic E-state index is -0.338. The minimum Gasteiger partial charge on any atom is -0.466 e. The molecule has 1 amide bonds. The van der Waals surface area contributed by atoms with Gasteiger partial charge in [-0.3, -0.25) is 9.59 Å². The summed E-state index contributed by atoms with van der Waals surface area (Å²) in [6.45, 7) is 5.92. The highest BCUT2D eigenvalue weighted by Gasteiger charge is 2.34. The molecule has 1 aliphatic rings. The standard InChI is InChI=1S/C16H20N2O3/c1-4-21-15(19)9-8-14-12(3)17-18(16(14)20)13-7-5-6-11(2)10-13/h5-7,10,14H,4,8-9H2,1-3H3. The SMILES string of the molecule is CCOC(=O)CCC1C(=O)N(c2cccc(C)c2)N=C1C.